The molecule has 1 heterocycles. The maximum Gasteiger partial charge on any atom is 0.256 e. The molecule has 0 aliphatic carbocycles. The average Bonchev–Trinajstić information content (AvgIpc) is 2.35. The second-order valence-electron chi connectivity index (χ2n) is 3.34. The lowest BCUT2D eigenvalue weighted by atomic mass is 10.2. The second-order valence-corrected chi connectivity index (χ2v) is 4.59. The van der Waals surface area contributed by atoms with Gasteiger partial charge >= 0.3 is 0 Å². The molecule has 0 saturated heterocycles. The van der Waals surface area contributed by atoms with Gasteiger partial charge in [0.1, 0.15) is 10.9 Å². The van der Waals surface area contributed by atoms with Gasteiger partial charge in [-0.15, -0.1) is 0 Å². The molecule has 0 aliphatic rings. The van der Waals surface area contributed by atoms with Gasteiger partial charge in [0.05, 0.1) is 16.9 Å². The summed E-state index contributed by atoms with van der Waals surface area (Å²) in [6.07, 6.45) is 2.68. The van der Waals surface area contributed by atoms with Gasteiger partial charge in [0, 0.05) is 5.56 Å². The first-order valence-corrected chi connectivity index (χ1v) is 6.01. The number of hydrogen-bond donors (Lipinski definition) is 2. The zero-order valence-corrected chi connectivity index (χ0v) is 11.2. The molecule has 2 N–H and O–H groups in total. The van der Waals surface area contributed by atoms with Crippen LogP contribution in [0.5, 0.6) is 5.75 Å². The summed E-state index contributed by atoms with van der Waals surface area (Å²) >= 11 is 8.71. The molecule has 0 fully saturated rings. The number of aromatic nitrogens is 2. The third kappa shape index (κ3) is 2.96. The van der Waals surface area contributed by atoms with E-state index in [0.717, 1.165) is 0 Å². The summed E-state index contributed by atoms with van der Waals surface area (Å²) < 4.78 is 0.519. The van der Waals surface area contributed by atoms with Crippen molar-refractivity contribution < 1.29 is 9.90 Å². The van der Waals surface area contributed by atoms with Crippen LogP contribution in [0.1, 0.15) is 10.4 Å². The summed E-state index contributed by atoms with van der Waals surface area (Å²) in [4.78, 5) is 19.5. The monoisotopic (exact) mass is 327 g/mol. The maximum atomic E-state index is 11.8. The molecule has 18 heavy (non-hydrogen) atoms. The smallest absolute Gasteiger partial charge is 0.256 e. The van der Waals surface area contributed by atoms with Crippen molar-refractivity contribution in [3.05, 3.63) is 45.8 Å². The lowest BCUT2D eigenvalue weighted by Gasteiger charge is -2.05. The van der Waals surface area contributed by atoms with Crippen molar-refractivity contribution in [1.29, 1.82) is 0 Å². The number of aromatic hydroxyl groups is 1. The Morgan fingerprint density at radius 3 is 2.72 bits per heavy atom. The molecule has 2 rings (SSSR count). The number of anilines is 1. The Bertz CT molecular complexity index is 589. The van der Waals surface area contributed by atoms with E-state index < -0.39 is 5.91 Å². The van der Waals surface area contributed by atoms with Crippen molar-refractivity contribution in [1.82, 2.24) is 9.97 Å². The number of phenols is 1. The molecular weight excluding hydrogens is 321 g/mol. The number of nitrogens with one attached hydrogen (secondary N) is 1. The lowest BCUT2D eigenvalue weighted by molar-refractivity contribution is 0.102. The highest BCUT2D eigenvalue weighted by atomic mass is 79.9. The molecule has 0 bridgehead atoms. The topological polar surface area (TPSA) is 75.1 Å². The van der Waals surface area contributed by atoms with Crippen LogP contribution in [0.2, 0.25) is 5.15 Å². The van der Waals surface area contributed by atoms with Gasteiger partial charge in [-0.1, -0.05) is 11.6 Å². The zero-order valence-electron chi connectivity index (χ0n) is 8.89. The molecule has 0 aliphatic heterocycles. The minimum absolute atomic E-state index is 0.00941. The van der Waals surface area contributed by atoms with E-state index in [1.54, 1.807) is 12.1 Å². The number of carbonyl (C=O) groups is 1. The molecule has 1 aromatic heterocycles. The van der Waals surface area contributed by atoms with Gasteiger partial charge in [0.25, 0.3) is 5.91 Å². The predicted octanol–water partition coefficient (Wildman–Crippen LogP) is 2.85. The van der Waals surface area contributed by atoms with Gasteiger partial charge in [-0.3, -0.25) is 4.79 Å². The highest BCUT2D eigenvalue weighted by molar-refractivity contribution is 9.10. The Balaban J connectivity index is 2.16. The summed E-state index contributed by atoms with van der Waals surface area (Å²) in [7, 11) is 0. The summed E-state index contributed by atoms with van der Waals surface area (Å²) in [6, 6.07) is 4.50. The van der Waals surface area contributed by atoms with Crippen molar-refractivity contribution >= 4 is 39.3 Å². The van der Waals surface area contributed by atoms with Gasteiger partial charge in [0.15, 0.2) is 5.82 Å². The van der Waals surface area contributed by atoms with Crippen molar-refractivity contribution in [3.8, 4) is 5.75 Å². The van der Waals surface area contributed by atoms with Crippen molar-refractivity contribution in [2.75, 3.05) is 5.32 Å². The summed E-state index contributed by atoms with van der Waals surface area (Å²) in [5.74, 6) is -0.119. The number of nitrogens with zero attached hydrogens (tertiary/aromatic N) is 2. The highest BCUT2D eigenvalue weighted by Crippen LogP contribution is 2.24. The first-order valence-electron chi connectivity index (χ1n) is 4.83. The van der Waals surface area contributed by atoms with Crippen LogP contribution >= 0.6 is 27.5 Å². The average molecular weight is 329 g/mol. The minimum atomic E-state index is -0.394. The number of hydrogen-bond acceptors (Lipinski definition) is 4. The Morgan fingerprint density at radius 2 is 2.11 bits per heavy atom. The maximum absolute atomic E-state index is 11.8. The van der Waals surface area contributed by atoms with E-state index in [0.29, 0.717) is 10.0 Å². The van der Waals surface area contributed by atoms with E-state index in [-0.39, 0.29) is 16.7 Å². The number of phenolic OH excluding ortho intramolecular Hbond substituents is 1. The Kier molecular flexibility index (Phi) is 3.78. The first-order chi connectivity index (χ1) is 8.56. The van der Waals surface area contributed by atoms with Crippen LogP contribution in [0.15, 0.2) is 35.1 Å². The molecule has 7 heteroatoms. The first kappa shape index (κ1) is 12.8. The van der Waals surface area contributed by atoms with Gasteiger partial charge in [-0.2, -0.15) is 0 Å². The van der Waals surface area contributed by atoms with Crippen LogP contribution in [0.4, 0.5) is 5.82 Å². The second kappa shape index (κ2) is 5.32. The molecule has 1 amide bonds. The zero-order chi connectivity index (χ0) is 13.1. The van der Waals surface area contributed by atoms with Crippen molar-refractivity contribution in [2.45, 2.75) is 0 Å². The fourth-order valence-corrected chi connectivity index (χ4v) is 1.56. The Hall–Kier alpha value is -1.66. The molecule has 0 saturated carbocycles. The molecule has 2 aromatic rings. The van der Waals surface area contributed by atoms with Crippen LogP contribution in [0.25, 0.3) is 0 Å². The molecule has 0 spiro atoms. The van der Waals surface area contributed by atoms with E-state index in [9.17, 15) is 9.90 Å². The standard InChI is InChI=1S/C11H7BrClN3O2/c12-7-2-1-6(3-8(7)17)11(18)16-10-5-14-9(13)4-15-10/h1-5,17H,(H,15,16,18). The predicted molar refractivity (Wildman–Crippen MR) is 70.8 cm³/mol. The van der Waals surface area contributed by atoms with Crippen LogP contribution in [-0.4, -0.2) is 21.0 Å². The fourth-order valence-electron chi connectivity index (χ4n) is 1.22. The number of carbonyl (C=O) groups excluding carboxylic acids is 1. The van der Waals surface area contributed by atoms with E-state index in [1.807, 2.05) is 0 Å². The quantitative estimate of drug-likeness (QED) is 0.889. The number of halogens is 2. The molecule has 0 radical (unpaired) electrons. The number of rotatable bonds is 2. The highest BCUT2D eigenvalue weighted by Gasteiger charge is 2.09. The number of amides is 1. The lowest BCUT2D eigenvalue weighted by Crippen LogP contribution is -2.12. The fraction of sp³-hybridized carbons (Fsp3) is 0. The largest absolute Gasteiger partial charge is 0.507 e. The third-order valence-corrected chi connectivity index (χ3v) is 2.94. The van der Waals surface area contributed by atoms with E-state index >= 15 is 0 Å². The normalized spacial score (nSPS) is 10.1. The molecule has 92 valence electrons. The summed E-state index contributed by atoms with van der Waals surface area (Å²) in [6.45, 7) is 0. The van der Waals surface area contributed by atoms with Gasteiger partial charge < -0.3 is 10.4 Å². The van der Waals surface area contributed by atoms with Crippen LogP contribution < -0.4 is 5.32 Å². The molecule has 5 nitrogen and oxygen atoms in total. The third-order valence-electron chi connectivity index (χ3n) is 2.07. The van der Waals surface area contributed by atoms with E-state index in [2.05, 4.69) is 31.2 Å². The van der Waals surface area contributed by atoms with Crippen molar-refractivity contribution in [2.24, 2.45) is 0 Å². The SMILES string of the molecule is O=C(Nc1cnc(Cl)cn1)c1ccc(Br)c(O)c1. The van der Waals surface area contributed by atoms with Gasteiger partial charge in [0.2, 0.25) is 0 Å². The minimum Gasteiger partial charge on any atom is -0.507 e. The Morgan fingerprint density at radius 1 is 1.33 bits per heavy atom. The molecule has 0 unspecified atom stereocenters. The number of benzene rings is 1. The van der Waals surface area contributed by atoms with E-state index in [1.165, 1.54) is 18.5 Å². The molecular formula is C11H7BrClN3O2. The van der Waals surface area contributed by atoms with Crippen LogP contribution in [0.3, 0.4) is 0 Å². The molecule has 0 atom stereocenters. The summed E-state index contributed by atoms with van der Waals surface area (Å²) in [5, 5.41) is 12.3. The van der Waals surface area contributed by atoms with Crippen LogP contribution in [-0.2, 0) is 0 Å². The Labute approximate surface area is 116 Å². The van der Waals surface area contributed by atoms with Crippen LogP contribution in [0, 0.1) is 0 Å². The molecule has 1 aromatic carbocycles. The van der Waals surface area contributed by atoms with E-state index in [4.69, 9.17) is 11.6 Å². The van der Waals surface area contributed by atoms with Gasteiger partial charge in [-0.25, -0.2) is 9.97 Å². The van der Waals surface area contributed by atoms with Gasteiger partial charge in [-0.05, 0) is 34.1 Å². The van der Waals surface area contributed by atoms with Crippen molar-refractivity contribution in [3.63, 3.8) is 0 Å². The summed E-state index contributed by atoms with van der Waals surface area (Å²) in [5.41, 5.74) is 0.312.